The quantitative estimate of drug-likeness (QED) is 0.503. The number of esters is 1. The molecule has 2 aromatic rings. The van der Waals surface area contributed by atoms with Crippen LogP contribution in [0.15, 0.2) is 24.3 Å². The van der Waals surface area contributed by atoms with E-state index in [9.17, 15) is 22.8 Å². The van der Waals surface area contributed by atoms with Crippen molar-refractivity contribution in [1.82, 2.24) is 14.7 Å². The topological polar surface area (TPSA) is 73.7 Å². The number of hydrogen-bond donors (Lipinski definition) is 0. The Kier molecular flexibility index (Phi) is 6.33. The fraction of sp³-hybridized carbons (Fsp3) is 0.450. The molecule has 1 amide bonds. The zero-order chi connectivity index (χ0) is 21.9. The molecule has 0 bridgehead atoms. The van der Waals surface area contributed by atoms with Gasteiger partial charge < -0.3 is 14.4 Å². The second-order valence-electron chi connectivity index (χ2n) is 6.86. The Morgan fingerprint density at radius 1 is 1.17 bits per heavy atom. The zero-order valence-electron chi connectivity index (χ0n) is 16.7. The molecule has 1 aliphatic rings. The summed E-state index contributed by atoms with van der Waals surface area (Å²) >= 11 is 0. The predicted octanol–water partition coefficient (Wildman–Crippen LogP) is 3.24. The normalized spacial score (nSPS) is 13.9. The average molecular weight is 425 g/mol. The number of carbonyl (C=O) groups is 2. The Hall–Kier alpha value is -3.04. The van der Waals surface area contributed by atoms with Gasteiger partial charge in [0.05, 0.1) is 19.9 Å². The number of aromatic nitrogens is 2. The van der Waals surface area contributed by atoms with Crippen LogP contribution in [0.25, 0.3) is 5.69 Å². The molecule has 2 heterocycles. The van der Waals surface area contributed by atoms with Crippen molar-refractivity contribution in [1.29, 1.82) is 0 Å². The Balaban J connectivity index is 1.89. The van der Waals surface area contributed by atoms with Crippen LogP contribution in [0, 0.1) is 0 Å². The van der Waals surface area contributed by atoms with Gasteiger partial charge in [0.2, 0.25) is 0 Å². The van der Waals surface area contributed by atoms with Crippen LogP contribution >= 0.6 is 0 Å². The van der Waals surface area contributed by atoms with Crippen molar-refractivity contribution < 1.29 is 32.2 Å². The number of nitrogens with zero attached hydrogens (tertiary/aromatic N) is 3. The summed E-state index contributed by atoms with van der Waals surface area (Å²) in [4.78, 5) is 25.7. The lowest BCUT2D eigenvalue weighted by atomic mass is 10.0. The van der Waals surface area contributed by atoms with Crippen LogP contribution in [0.1, 0.15) is 41.0 Å². The summed E-state index contributed by atoms with van der Waals surface area (Å²) in [5.41, 5.74) is -0.865. The Bertz CT molecular complexity index is 923. The number of halogens is 3. The van der Waals surface area contributed by atoms with Crippen LogP contribution in [-0.2, 0) is 22.1 Å². The molecule has 0 radical (unpaired) electrons. The molecule has 1 aliphatic heterocycles. The van der Waals surface area contributed by atoms with Crippen LogP contribution in [0.3, 0.4) is 0 Å². The maximum atomic E-state index is 13.5. The van der Waals surface area contributed by atoms with Gasteiger partial charge in [0.1, 0.15) is 11.4 Å². The van der Waals surface area contributed by atoms with E-state index in [0.717, 1.165) is 4.68 Å². The molecule has 0 unspecified atom stereocenters. The minimum absolute atomic E-state index is 0.0586. The number of methoxy groups -OCH3 is 2. The summed E-state index contributed by atoms with van der Waals surface area (Å²) in [5.74, 6) is -0.308. The number of hydrogen-bond acceptors (Lipinski definition) is 5. The first kappa shape index (κ1) is 21.7. The van der Waals surface area contributed by atoms with Gasteiger partial charge in [-0.2, -0.15) is 18.3 Å². The van der Waals surface area contributed by atoms with Crippen LogP contribution in [0.4, 0.5) is 13.2 Å². The monoisotopic (exact) mass is 425 g/mol. The van der Waals surface area contributed by atoms with Crippen molar-refractivity contribution in [3.63, 3.8) is 0 Å². The van der Waals surface area contributed by atoms with Crippen molar-refractivity contribution in [3.05, 3.63) is 41.2 Å². The lowest BCUT2D eigenvalue weighted by molar-refractivity contribution is -0.142. The number of ether oxygens (including phenoxy) is 2. The van der Waals surface area contributed by atoms with Crippen LogP contribution < -0.4 is 4.74 Å². The van der Waals surface area contributed by atoms with E-state index in [1.54, 1.807) is 24.3 Å². The molecule has 1 aromatic heterocycles. The van der Waals surface area contributed by atoms with Crippen LogP contribution in [0.2, 0.25) is 0 Å². The summed E-state index contributed by atoms with van der Waals surface area (Å²) in [6, 6.07) is 6.28. The van der Waals surface area contributed by atoms with E-state index in [4.69, 9.17) is 4.74 Å². The van der Waals surface area contributed by atoms with Gasteiger partial charge in [0.25, 0.3) is 5.91 Å². The molecule has 0 fully saturated rings. The highest BCUT2D eigenvalue weighted by Gasteiger charge is 2.43. The summed E-state index contributed by atoms with van der Waals surface area (Å²) in [6.07, 6.45) is -3.31. The molecule has 7 nitrogen and oxygen atoms in total. The molecule has 0 saturated heterocycles. The molecule has 30 heavy (non-hydrogen) atoms. The third-order valence-electron chi connectivity index (χ3n) is 4.98. The van der Waals surface area contributed by atoms with Crippen molar-refractivity contribution in [2.24, 2.45) is 0 Å². The molecule has 0 spiro atoms. The van der Waals surface area contributed by atoms with Gasteiger partial charge in [0.15, 0.2) is 5.69 Å². The molecule has 0 aliphatic carbocycles. The minimum Gasteiger partial charge on any atom is -0.497 e. The van der Waals surface area contributed by atoms with Gasteiger partial charge in [-0.1, -0.05) is 0 Å². The number of rotatable bonds is 7. The first-order valence-corrected chi connectivity index (χ1v) is 9.46. The number of carbonyl (C=O) groups excluding carboxylic acids is 2. The average Bonchev–Trinajstić information content (AvgIpc) is 3.13. The Labute approximate surface area is 171 Å². The summed E-state index contributed by atoms with van der Waals surface area (Å²) in [7, 11) is 2.78. The lowest BCUT2D eigenvalue weighted by Gasteiger charge is -2.27. The molecule has 1 aromatic carbocycles. The number of fused-ring (bicyclic) bond motifs is 1. The number of benzene rings is 1. The maximum absolute atomic E-state index is 13.5. The van der Waals surface area contributed by atoms with E-state index in [1.165, 1.54) is 19.1 Å². The summed E-state index contributed by atoms with van der Waals surface area (Å²) in [5, 5.41) is 3.75. The second-order valence-corrected chi connectivity index (χ2v) is 6.86. The fourth-order valence-corrected chi connectivity index (χ4v) is 3.43. The van der Waals surface area contributed by atoms with Gasteiger partial charge in [-0.25, -0.2) is 4.68 Å². The van der Waals surface area contributed by atoms with Gasteiger partial charge in [-0.05, 0) is 43.5 Å². The zero-order valence-corrected chi connectivity index (χ0v) is 16.7. The van der Waals surface area contributed by atoms with Crippen LogP contribution in [-0.4, -0.2) is 53.9 Å². The molecular weight excluding hydrogens is 403 g/mol. The highest BCUT2D eigenvalue weighted by atomic mass is 19.4. The Morgan fingerprint density at radius 3 is 2.47 bits per heavy atom. The van der Waals surface area contributed by atoms with Gasteiger partial charge in [0, 0.05) is 25.1 Å². The third kappa shape index (κ3) is 4.42. The van der Waals surface area contributed by atoms with E-state index < -0.39 is 17.8 Å². The fourth-order valence-electron chi connectivity index (χ4n) is 3.43. The third-order valence-corrected chi connectivity index (χ3v) is 4.98. The van der Waals surface area contributed by atoms with Gasteiger partial charge >= 0.3 is 12.1 Å². The largest absolute Gasteiger partial charge is 0.497 e. The standard InChI is InChI=1S/C20H22F3N3O4/c1-29-14-8-6-13(7-9-14)26-17-15(18(24-26)20(21,22)23)10-12-25(19(17)28)11-4-3-5-16(27)30-2/h6-9H,3-5,10-12H2,1-2H3. The molecule has 10 heteroatoms. The van der Waals surface area contributed by atoms with E-state index >= 15 is 0 Å². The Morgan fingerprint density at radius 2 is 1.87 bits per heavy atom. The highest BCUT2D eigenvalue weighted by Crippen LogP contribution is 2.36. The highest BCUT2D eigenvalue weighted by molar-refractivity contribution is 5.96. The number of amides is 1. The molecule has 3 rings (SSSR count). The first-order chi connectivity index (χ1) is 14.3. The second kappa shape index (κ2) is 8.76. The number of alkyl halides is 3. The van der Waals surface area contributed by atoms with Crippen molar-refractivity contribution in [2.45, 2.75) is 31.9 Å². The lowest BCUT2D eigenvalue weighted by Crippen LogP contribution is -2.39. The van der Waals surface area contributed by atoms with Gasteiger partial charge in [-0.3, -0.25) is 9.59 Å². The molecule has 0 atom stereocenters. The van der Waals surface area contributed by atoms with E-state index in [2.05, 4.69) is 9.84 Å². The number of unbranched alkanes of at least 4 members (excludes halogenated alkanes) is 1. The van der Waals surface area contributed by atoms with E-state index in [0.29, 0.717) is 30.8 Å². The van der Waals surface area contributed by atoms with E-state index in [-0.39, 0.29) is 36.6 Å². The van der Waals surface area contributed by atoms with Crippen molar-refractivity contribution >= 4 is 11.9 Å². The molecule has 162 valence electrons. The van der Waals surface area contributed by atoms with E-state index in [1.807, 2.05) is 0 Å². The smallest absolute Gasteiger partial charge is 0.435 e. The SMILES string of the molecule is COC(=O)CCCCN1CCc2c(C(F)(F)F)nn(-c3ccc(OC)cc3)c2C1=O. The molecule has 0 N–H and O–H groups in total. The van der Waals surface area contributed by atoms with Crippen LogP contribution in [0.5, 0.6) is 5.75 Å². The van der Waals surface area contributed by atoms with Gasteiger partial charge in [-0.15, -0.1) is 0 Å². The maximum Gasteiger partial charge on any atom is 0.435 e. The minimum atomic E-state index is -4.66. The molecule has 0 saturated carbocycles. The summed E-state index contributed by atoms with van der Waals surface area (Å²) in [6.45, 7) is 0.506. The predicted molar refractivity (Wildman–Crippen MR) is 101 cm³/mol. The van der Waals surface area contributed by atoms with Crippen molar-refractivity contribution in [3.8, 4) is 11.4 Å². The molecular formula is C20H22F3N3O4. The summed E-state index contributed by atoms with van der Waals surface area (Å²) < 4.78 is 51.3. The first-order valence-electron chi connectivity index (χ1n) is 9.46. The van der Waals surface area contributed by atoms with Crippen molar-refractivity contribution in [2.75, 3.05) is 27.3 Å².